The van der Waals surface area contributed by atoms with E-state index >= 15 is 0 Å². The van der Waals surface area contributed by atoms with Gasteiger partial charge in [0.1, 0.15) is 5.82 Å². The summed E-state index contributed by atoms with van der Waals surface area (Å²) in [7, 11) is 0. The van der Waals surface area contributed by atoms with E-state index in [0.29, 0.717) is 11.2 Å². The van der Waals surface area contributed by atoms with Gasteiger partial charge in [0.2, 0.25) is 0 Å². The number of aryl methyl sites for hydroxylation is 1. The fourth-order valence-electron chi connectivity index (χ4n) is 3.23. The van der Waals surface area contributed by atoms with Crippen LogP contribution in [0, 0.1) is 18.7 Å². The van der Waals surface area contributed by atoms with Crippen LogP contribution in [0.3, 0.4) is 0 Å². The summed E-state index contributed by atoms with van der Waals surface area (Å²) in [4.78, 5) is 17.7. The van der Waals surface area contributed by atoms with E-state index in [1.54, 1.807) is 24.4 Å². The van der Waals surface area contributed by atoms with Crippen LogP contribution in [0.15, 0.2) is 36.5 Å². The van der Waals surface area contributed by atoms with Gasteiger partial charge in [0.15, 0.2) is 5.65 Å². The second-order valence-electron chi connectivity index (χ2n) is 7.48. The number of halogens is 1. The minimum atomic E-state index is -0.292. The van der Waals surface area contributed by atoms with Crippen LogP contribution in [0.5, 0.6) is 0 Å². The zero-order valence-electron chi connectivity index (χ0n) is 16.3. The lowest BCUT2D eigenvalue weighted by Crippen LogP contribution is -2.32. The van der Waals surface area contributed by atoms with E-state index < -0.39 is 0 Å². The van der Waals surface area contributed by atoms with Crippen LogP contribution in [0.4, 0.5) is 4.39 Å². The molecule has 0 aliphatic carbocycles. The highest BCUT2D eigenvalue weighted by Gasteiger charge is 2.22. The number of nitrogens with one attached hydrogen (secondary N) is 1. The number of hydrogen-bond donors (Lipinski definition) is 1. The molecule has 0 bridgehead atoms. The lowest BCUT2D eigenvalue weighted by Gasteiger charge is -2.23. The summed E-state index contributed by atoms with van der Waals surface area (Å²) >= 11 is 0. The second kappa shape index (κ2) is 7.47. The molecule has 0 saturated carbocycles. The molecule has 0 unspecified atom stereocenters. The van der Waals surface area contributed by atoms with Crippen molar-refractivity contribution in [3.8, 4) is 0 Å². The number of fused-ring (bicyclic) bond motifs is 1. The molecule has 5 nitrogen and oxygen atoms in total. The van der Waals surface area contributed by atoms with E-state index in [4.69, 9.17) is 0 Å². The lowest BCUT2D eigenvalue weighted by molar-refractivity contribution is 0.0927. The maximum Gasteiger partial charge on any atom is 0.252 e. The molecule has 1 atom stereocenters. The van der Waals surface area contributed by atoms with Gasteiger partial charge in [-0.3, -0.25) is 4.79 Å². The molecule has 142 valence electrons. The predicted molar refractivity (Wildman–Crippen MR) is 104 cm³/mol. The third-order valence-corrected chi connectivity index (χ3v) is 4.61. The standard InChI is InChI=1S/C21H25FN4O/c1-12(2)19(15-6-8-16(22)9-7-15)25-21(27)17-10-14(5)24-20-18(17)11-23-26(20)13(3)4/h6-13,19H,1-5H3,(H,25,27)/t19-/m1/s1. The van der Waals surface area contributed by atoms with Crippen molar-refractivity contribution in [3.05, 3.63) is 59.2 Å². The van der Waals surface area contributed by atoms with E-state index in [1.165, 1.54) is 12.1 Å². The first-order chi connectivity index (χ1) is 12.8. The Balaban J connectivity index is 1.98. The zero-order valence-corrected chi connectivity index (χ0v) is 16.3. The number of amides is 1. The van der Waals surface area contributed by atoms with Gasteiger partial charge in [-0.1, -0.05) is 26.0 Å². The predicted octanol–water partition coefficient (Wildman–Crippen LogP) is 4.59. The van der Waals surface area contributed by atoms with Crippen LogP contribution in [-0.4, -0.2) is 20.7 Å². The Morgan fingerprint density at radius 1 is 1.15 bits per heavy atom. The Morgan fingerprint density at radius 2 is 1.81 bits per heavy atom. The molecule has 6 heteroatoms. The van der Waals surface area contributed by atoms with Crippen LogP contribution in [0.25, 0.3) is 11.0 Å². The number of pyridine rings is 1. The summed E-state index contributed by atoms with van der Waals surface area (Å²) in [6.07, 6.45) is 1.69. The number of carbonyl (C=O) groups is 1. The quantitative estimate of drug-likeness (QED) is 0.717. The summed E-state index contributed by atoms with van der Waals surface area (Å²) in [5.74, 6) is -0.326. The molecule has 1 N–H and O–H groups in total. The van der Waals surface area contributed by atoms with Crippen LogP contribution in [-0.2, 0) is 0 Å². The number of hydrogen-bond acceptors (Lipinski definition) is 3. The molecule has 0 aliphatic heterocycles. The summed E-state index contributed by atoms with van der Waals surface area (Å²) in [5.41, 5.74) is 2.90. The van der Waals surface area contributed by atoms with Gasteiger partial charge in [0.25, 0.3) is 5.91 Å². The van der Waals surface area contributed by atoms with E-state index in [2.05, 4.69) is 15.4 Å². The van der Waals surface area contributed by atoms with E-state index in [-0.39, 0.29) is 29.7 Å². The Morgan fingerprint density at radius 3 is 2.41 bits per heavy atom. The summed E-state index contributed by atoms with van der Waals surface area (Å²) in [6, 6.07) is 7.97. The number of carbonyl (C=O) groups excluding carboxylic acids is 1. The first-order valence-corrected chi connectivity index (χ1v) is 9.19. The Hall–Kier alpha value is -2.76. The summed E-state index contributed by atoms with van der Waals surface area (Å²) in [6.45, 7) is 9.98. The first-order valence-electron chi connectivity index (χ1n) is 9.19. The highest BCUT2D eigenvalue weighted by molar-refractivity contribution is 6.05. The van der Waals surface area contributed by atoms with Crippen LogP contribution < -0.4 is 5.32 Å². The molecular formula is C21H25FN4O. The molecule has 1 aromatic carbocycles. The third-order valence-electron chi connectivity index (χ3n) is 4.61. The third kappa shape index (κ3) is 3.84. The maximum absolute atomic E-state index is 13.3. The molecule has 3 aromatic rings. The van der Waals surface area contributed by atoms with Crippen LogP contribution >= 0.6 is 0 Å². The van der Waals surface area contributed by atoms with Gasteiger partial charge in [-0.2, -0.15) is 5.10 Å². The number of nitrogens with zero attached hydrogens (tertiary/aromatic N) is 3. The average molecular weight is 368 g/mol. The molecule has 2 heterocycles. The number of aromatic nitrogens is 3. The average Bonchev–Trinajstić information content (AvgIpc) is 3.03. The molecule has 0 radical (unpaired) electrons. The van der Waals surface area contributed by atoms with Gasteiger partial charge < -0.3 is 5.32 Å². The van der Waals surface area contributed by atoms with Crippen molar-refractivity contribution in [2.45, 2.75) is 46.7 Å². The molecule has 0 aliphatic rings. The van der Waals surface area contributed by atoms with Crippen molar-refractivity contribution in [3.63, 3.8) is 0 Å². The topological polar surface area (TPSA) is 59.8 Å². The SMILES string of the molecule is Cc1cc(C(=O)N[C@@H](c2ccc(F)cc2)C(C)C)c2cnn(C(C)C)c2n1. The molecule has 0 spiro atoms. The molecule has 27 heavy (non-hydrogen) atoms. The van der Waals surface area contributed by atoms with E-state index in [1.807, 2.05) is 39.3 Å². The number of benzene rings is 1. The van der Waals surface area contributed by atoms with Crippen LogP contribution in [0.1, 0.15) is 61.4 Å². The molecule has 0 saturated heterocycles. The minimum Gasteiger partial charge on any atom is -0.345 e. The van der Waals surface area contributed by atoms with Crippen molar-refractivity contribution in [1.82, 2.24) is 20.1 Å². The Labute approximate surface area is 158 Å². The fourth-order valence-corrected chi connectivity index (χ4v) is 3.23. The smallest absolute Gasteiger partial charge is 0.252 e. The van der Waals surface area contributed by atoms with E-state index in [9.17, 15) is 9.18 Å². The van der Waals surface area contributed by atoms with Crippen LogP contribution in [0.2, 0.25) is 0 Å². The molecular weight excluding hydrogens is 343 g/mol. The van der Waals surface area contributed by atoms with Gasteiger partial charge in [-0.15, -0.1) is 0 Å². The second-order valence-corrected chi connectivity index (χ2v) is 7.48. The van der Waals surface area contributed by atoms with Gasteiger partial charge in [0, 0.05) is 11.7 Å². The molecule has 2 aromatic heterocycles. The van der Waals surface area contributed by atoms with Gasteiger partial charge in [0.05, 0.1) is 23.2 Å². The molecule has 3 rings (SSSR count). The summed E-state index contributed by atoms with van der Waals surface area (Å²) in [5, 5.41) is 8.22. The monoisotopic (exact) mass is 368 g/mol. The Bertz CT molecular complexity index is 960. The normalized spacial score (nSPS) is 12.7. The van der Waals surface area contributed by atoms with Crippen molar-refractivity contribution in [2.75, 3.05) is 0 Å². The first kappa shape index (κ1) is 19.0. The maximum atomic E-state index is 13.3. The Kier molecular flexibility index (Phi) is 5.26. The van der Waals surface area contributed by atoms with Crippen molar-refractivity contribution in [1.29, 1.82) is 0 Å². The fraction of sp³-hybridized carbons (Fsp3) is 0.381. The highest BCUT2D eigenvalue weighted by Crippen LogP contribution is 2.25. The molecule has 0 fully saturated rings. The van der Waals surface area contributed by atoms with Crippen molar-refractivity contribution >= 4 is 16.9 Å². The van der Waals surface area contributed by atoms with Crippen molar-refractivity contribution < 1.29 is 9.18 Å². The van der Waals surface area contributed by atoms with E-state index in [0.717, 1.165) is 16.6 Å². The van der Waals surface area contributed by atoms with Gasteiger partial charge in [-0.05, 0) is 50.5 Å². The van der Waals surface area contributed by atoms with Gasteiger partial charge >= 0.3 is 0 Å². The molecule has 1 amide bonds. The number of rotatable bonds is 5. The largest absolute Gasteiger partial charge is 0.345 e. The lowest BCUT2D eigenvalue weighted by atomic mass is 9.95. The summed E-state index contributed by atoms with van der Waals surface area (Å²) < 4.78 is 15.1. The van der Waals surface area contributed by atoms with Gasteiger partial charge in [-0.25, -0.2) is 14.1 Å². The van der Waals surface area contributed by atoms with Crippen molar-refractivity contribution in [2.24, 2.45) is 5.92 Å². The zero-order chi connectivity index (χ0) is 19.7. The minimum absolute atomic E-state index is 0.148. The highest BCUT2D eigenvalue weighted by atomic mass is 19.1.